The first-order chi connectivity index (χ1) is 15.0. The van der Waals surface area contributed by atoms with Crippen LogP contribution in [0.5, 0.6) is 5.75 Å². The van der Waals surface area contributed by atoms with Gasteiger partial charge < -0.3 is 10.1 Å². The van der Waals surface area contributed by atoms with E-state index in [4.69, 9.17) is 9.88 Å². The minimum Gasteiger partial charge on any atom is -0.496 e. The number of nitrogens with two attached hydrogens (primary N) is 1. The van der Waals surface area contributed by atoms with Crippen molar-refractivity contribution in [1.82, 2.24) is 9.62 Å². The lowest BCUT2D eigenvalue weighted by Crippen LogP contribution is -2.45. The zero-order valence-corrected chi connectivity index (χ0v) is 19.6. The lowest BCUT2D eigenvalue weighted by molar-refractivity contribution is -0.126. The fourth-order valence-corrected chi connectivity index (χ4v) is 5.79. The van der Waals surface area contributed by atoms with E-state index in [0.29, 0.717) is 36.3 Å². The van der Waals surface area contributed by atoms with Crippen molar-refractivity contribution in [3.63, 3.8) is 0 Å². The number of primary sulfonamides is 1. The third kappa shape index (κ3) is 5.47. The van der Waals surface area contributed by atoms with E-state index in [0.717, 1.165) is 0 Å². The summed E-state index contributed by atoms with van der Waals surface area (Å²) in [5.41, 5.74) is 1.42. The van der Waals surface area contributed by atoms with E-state index in [1.165, 1.54) is 29.6 Å². The lowest BCUT2D eigenvalue weighted by atomic mass is 9.99. The smallest absolute Gasteiger partial charge is 0.243 e. The molecule has 3 rings (SSSR count). The number of nitrogens with zero attached hydrogens (tertiary/aromatic N) is 1. The summed E-state index contributed by atoms with van der Waals surface area (Å²) in [6.07, 6.45) is 1.17. The number of sulfonamides is 2. The number of piperidine rings is 1. The van der Waals surface area contributed by atoms with E-state index in [1.807, 2.05) is 0 Å². The summed E-state index contributed by atoms with van der Waals surface area (Å²) in [5, 5.41) is 7.89. The monoisotopic (exact) mass is 481 g/mol. The number of carbonyl (C=O) groups excluding carboxylic acids is 1. The molecule has 2 aromatic rings. The number of rotatable bonds is 7. The molecule has 1 aliphatic heterocycles. The summed E-state index contributed by atoms with van der Waals surface area (Å²) in [6.45, 7) is 2.43. The molecule has 1 saturated heterocycles. The molecule has 32 heavy (non-hydrogen) atoms. The van der Waals surface area contributed by atoms with Gasteiger partial charge in [0.05, 0.1) is 22.8 Å². The topological polar surface area (TPSA) is 136 Å². The van der Waals surface area contributed by atoms with Gasteiger partial charge in [0, 0.05) is 19.6 Å². The molecule has 1 aliphatic rings. The first-order valence-corrected chi connectivity index (χ1v) is 13.1. The van der Waals surface area contributed by atoms with Crippen molar-refractivity contribution in [2.75, 3.05) is 20.2 Å². The third-order valence-corrected chi connectivity index (χ3v) is 8.27. The van der Waals surface area contributed by atoms with Crippen LogP contribution in [-0.2, 0) is 31.4 Å². The molecule has 11 heteroatoms. The highest BCUT2D eigenvalue weighted by Gasteiger charge is 2.33. The van der Waals surface area contributed by atoms with Gasteiger partial charge in [0.25, 0.3) is 0 Å². The molecule has 174 valence electrons. The van der Waals surface area contributed by atoms with Crippen molar-refractivity contribution in [2.45, 2.75) is 36.1 Å². The average Bonchev–Trinajstić information content (AvgIpc) is 2.77. The molecule has 0 radical (unpaired) electrons. The molecular formula is C21H27N3O6S2. The number of hydrogen-bond acceptors (Lipinski definition) is 6. The summed E-state index contributed by atoms with van der Waals surface area (Å²) >= 11 is 0. The SMILES string of the molecule is COc1ccc(S(=O)(=O)N2CCCC(C(=O)NCc3ccc(S(N)(=O)=O)cc3)C2)cc1C. The molecule has 1 amide bonds. The van der Waals surface area contributed by atoms with Crippen LogP contribution in [0.2, 0.25) is 0 Å². The fourth-order valence-electron chi connectivity index (χ4n) is 3.67. The van der Waals surface area contributed by atoms with Crippen molar-refractivity contribution in [2.24, 2.45) is 11.1 Å². The maximum absolute atomic E-state index is 13.1. The van der Waals surface area contributed by atoms with Crippen LogP contribution in [0.1, 0.15) is 24.0 Å². The van der Waals surface area contributed by atoms with Gasteiger partial charge in [0.2, 0.25) is 26.0 Å². The van der Waals surface area contributed by atoms with Crippen LogP contribution >= 0.6 is 0 Å². The predicted octanol–water partition coefficient (Wildman–Crippen LogP) is 1.37. The Balaban J connectivity index is 1.64. The number of hydrogen-bond donors (Lipinski definition) is 2. The summed E-state index contributed by atoms with van der Waals surface area (Å²) in [7, 11) is -5.98. The maximum Gasteiger partial charge on any atom is 0.243 e. The van der Waals surface area contributed by atoms with Crippen LogP contribution in [0, 0.1) is 12.8 Å². The van der Waals surface area contributed by atoms with Crippen molar-refractivity contribution in [3.8, 4) is 5.75 Å². The fraction of sp³-hybridized carbons (Fsp3) is 0.381. The molecule has 0 aromatic heterocycles. The Bertz CT molecular complexity index is 1190. The van der Waals surface area contributed by atoms with E-state index < -0.39 is 26.0 Å². The molecule has 1 fully saturated rings. The standard InChI is InChI=1S/C21H27N3O6S2/c1-15-12-19(9-10-20(15)30-2)32(28,29)24-11-3-4-17(14-24)21(25)23-13-16-5-7-18(8-6-16)31(22,26)27/h5-10,12,17H,3-4,11,13-14H2,1-2H3,(H,23,25)(H2,22,26,27). The Kier molecular flexibility index (Phi) is 7.23. The molecule has 3 N–H and O–H groups in total. The van der Waals surface area contributed by atoms with Crippen molar-refractivity contribution >= 4 is 26.0 Å². The van der Waals surface area contributed by atoms with Gasteiger partial charge in [-0.15, -0.1) is 0 Å². The maximum atomic E-state index is 13.1. The van der Waals surface area contributed by atoms with Gasteiger partial charge in [0.15, 0.2) is 0 Å². The summed E-state index contributed by atoms with van der Waals surface area (Å²) in [5.74, 6) is -0.107. The number of aryl methyl sites for hydroxylation is 1. The van der Waals surface area contributed by atoms with Gasteiger partial charge in [-0.05, 0) is 61.2 Å². The number of amides is 1. The molecule has 0 aliphatic carbocycles. The highest BCUT2D eigenvalue weighted by atomic mass is 32.2. The van der Waals surface area contributed by atoms with E-state index in [9.17, 15) is 21.6 Å². The molecule has 0 saturated carbocycles. The third-order valence-electron chi connectivity index (χ3n) is 5.48. The van der Waals surface area contributed by atoms with Crippen LogP contribution in [-0.4, -0.2) is 47.2 Å². The van der Waals surface area contributed by atoms with Gasteiger partial charge >= 0.3 is 0 Å². The second-order valence-corrected chi connectivity index (χ2v) is 11.2. The van der Waals surface area contributed by atoms with E-state index >= 15 is 0 Å². The molecule has 0 spiro atoms. The van der Waals surface area contributed by atoms with Gasteiger partial charge in [-0.1, -0.05) is 12.1 Å². The second-order valence-electron chi connectivity index (χ2n) is 7.74. The van der Waals surface area contributed by atoms with E-state index in [-0.39, 0.29) is 28.8 Å². The van der Waals surface area contributed by atoms with Crippen LogP contribution < -0.4 is 15.2 Å². The first-order valence-electron chi connectivity index (χ1n) is 10.1. The van der Waals surface area contributed by atoms with Crippen LogP contribution in [0.15, 0.2) is 52.3 Å². The Morgan fingerprint density at radius 1 is 1.12 bits per heavy atom. The number of benzene rings is 2. The second kappa shape index (κ2) is 9.57. The molecule has 1 heterocycles. The van der Waals surface area contributed by atoms with Crippen molar-refractivity contribution < 1.29 is 26.4 Å². The summed E-state index contributed by atoms with van der Waals surface area (Å²) < 4.78 is 55.4. The Morgan fingerprint density at radius 2 is 1.78 bits per heavy atom. The van der Waals surface area contributed by atoms with E-state index in [1.54, 1.807) is 31.2 Å². The first kappa shape index (κ1) is 24.2. The van der Waals surface area contributed by atoms with Crippen LogP contribution in [0.3, 0.4) is 0 Å². The molecular weight excluding hydrogens is 454 g/mol. The van der Waals surface area contributed by atoms with Crippen molar-refractivity contribution in [3.05, 3.63) is 53.6 Å². The molecule has 2 aromatic carbocycles. The van der Waals surface area contributed by atoms with E-state index in [2.05, 4.69) is 5.32 Å². The number of carbonyl (C=O) groups is 1. The zero-order valence-electron chi connectivity index (χ0n) is 17.9. The highest BCUT2D eigenvalue weighted by molar-refractivity contribution is 7.89. The van der Waals surface area contributed by atoms with Gasteiger partial charge in [-0.2, -0.15) is 4.31 Å². The summed E-state index contributed by atoms with van der Waals surface area (Å²) in [6, 6.07) is 10.6. The minimum absolute atomic E-state index is 0.00512. The van der Waals surface area contributed by atoms with Crippen LogP contribution in [0.4, 0.5) is 0 Å². The number of methoxy groups -OCH3 is 1. The largest absolute Gasteiger partial charge is 0.496 e. The quantitative estimate of drug-likeness (QED) is 0.613. The zero-order chi connectivity index (χ0) is 23.5. The Labute approximate surface area is 188 Å². The predicted molar refractivity (Wildman–Crippen MR) is 119 cm³/mol. The average molecular weight is 482 g/mol. The van der Waals surface area contributed by atoms with Gasteiger partial charge in [-0.25, -0.2) is 22.0 Å². The Hall–Kier alpha value is -2.47. The normalized spacial score (nSPS) is 17.7. The molecule has 1 unspecified atom stereocenters. The molecule has 1 atom stereocenters. The van der Waals surface area contributed by atoms with Crippen LogP contribution in [0.25, 0.3) is 0 Å². The van der Waals surface area contributed by atoms with Gasteiger partial charge in [-0.3, -0.25) is 4.79 Å². The number of ether oxygens (including phenoxy) is 1. The highest BCUT2D eigenvalue weighted by Crippen LogP contribution is 2.27. The van der Waals surface area contributed by atoms with Gasteiger partial charge in [0.1, 0.15) is 5.75 Å². The van der Waals surface area contributed by atoms with Crippen molar-refractivity contribution in [1.29, 1.82) is 0 Å². The lowest BCUT2D eigenvalue weighted by Gasteiger charge is -2.31. The minimum atomic E-state index is -3.77. The Morgan fingerprint density at radius 3 is 2.38 bits per heavy atom. The summed E-state index contributed by atoms with van der Waals surface area (Å²) in [4.78, 5) is 12.8. The number of nitrogens with one attached hydrogen (secondary N) is 1. The molecule has 0 bridgehead atoms. The molecule has 9 nitrogen and oxygen atoms in total.